The Hall–Kier alpha value is -3.35. The van der Waals surface area contributed by atoms with Gasteiger partial charge >= 0.3 is 6.09 Å². The van der Waals surface area contributed by atoms with E-state index in [1.165, 1.54) is 6.07 Å². The van der Waals surface area contributed by atoms with Crippen molar-refractivity contribution >= 4 is 29.3 Å². The second kappa shape index (κ2) is 8.35. The number of nitrogens with one attached hydrogen (secondary N) is 2. The summed E-state index contributed by atoms with van der Waals surface area (Å²) in [5, 5.41) is 5.35. The average molecular weight is 369 g/mol. The Morgan fingerprint density at radius 1 is 0.963 bits per heavy atom. The molecule has 2 aromatic rings. The summed E-state index contributed by atoms with van der Waals surface area (Å²) in [6, 6.07) is 13.3. The quantitative estimate of drug-likeness (QED) is 0.751. The molecule has 0 spiro atoms. The third-order valence-corrected chi connectivity index (χ3v) is 3.39. The summed E-state index contributed by atoms with van der Waals surface area (Å²) in [7, 11) is 0. The Labute approximate surface area is 157 Å². The number of nitrogens with two attached hydrogens (primary N) is 1. The molecule has 0 heterocycles. The fraction of sp³-hybridized carbons (Fsp3) is 0.250. The number of rotatable bonds is 5. The molecule has 0 fully saturated rings. The van der Waals surface area contributed by atoms with Crippen molar-refractivity contribution in [3.8, 4) is 0 Å². The molecule has 142 valence electrons. The van der Waals surface area contributed by atoms with Gasteiger partial charge in [0, 0.05) is 16.9 Å². The van der Waals surface area contributed by atoms with Crippen LogP contribution in [0.15, 0.2) is 48.5 Å². The standard InChI is InChI=1S/C20H23N3O4/c1-20(2,3)27-19(26)23-15-9-7-13(8-10-15)11-17(24)22-16-6-4-5-14(12-16)18(21)25/h4-10,12H,11H2,1-3H3,(H2,21,25)(H,22,24)(H,23,26). The molecule has 3 amide bonds. The van der Waals surface area contributed by atoms with Gasteiger partial charge in [0.1, 0.15) is 5.60 Å². The Bertz CT molecular complexity index is 839. The number of amides is 3. The van der Waals surface area contributed by atoms with Gasteiger partial charge in [0.15, 0.2) is 0 Å². The van der Waals surface area contributed by atoms with Gasteiger partial charge in [0.2, 0.25) is 11.8 Å². The van der Waals surface area contributed by atoms with Crippen LogP contribution in [-0.4, -0.2) is 23.5 Å². The highest BCUT2D eigenvalue weighted by Gasteiger charge is 2.16. The maximum Gasteiger partial charge on any atom is 0.412 e. The van der Waals surface area contributed by atoms with Crippen LogP contribution in [0.1, 0.15) is 36.7 Å². The second-order valence-electron chi connectivity index (χ2n) is 6.99. The first kappa shape index (κ1) is 20.0. The molecule has 2 aromatic carbocycles. The van der Waals surface area contributed by atoms with E-state index in [0.29, 0.717) is 16.9 Å². The highest BCUT2D eigenvalue weighted by Crippen LogP contribution is 2.15. The highest BCUT2D eigenvalue weighted by atomic mass is 16.6. The van der Waals surface area contributed by atoms with E-state index in [1.54, 1.807) is 63.2 Å². The first-order chi connectivity index (χ1) is 12.6. The number of carbonyl (C=O) groups is 3. The Morgan fingerprint density at radius 3 is 2.22 bits per heavy atom. The van der Waals surface area contributed by atoms with Crippen LogP contribution in [0.3, 0.4) is 0 Å². The summed E-state index contributed by atoms with van der Waals surface area (Å²) in [5.41, 5.74) is 6.82. The van der Waals surface area contributed by atoms with Gasteiger partial charge in [0.05, 0.1) is 6.42 Å². The van der Waals surface area contributed by atoms with Crippen molar-refractivity contribution < 1.29 is 19.1 Å². The number of carbonyl (C=O) groups excluding carboxylic acids is 3. The third-order valence-electron chi connectivity index (χ3n) is 3.39. The summed E-state index contributed by atoms with van der Waals surface area (Å²) in [4.78, 5) is 35.1. The SMILES string of the molecule is CC(C)(C)OC(=O)Nc1ccc(CC(=O)Nc2cccc(C(N)=O)c2)cc1. The minimum atomic E-state index is -0.575. The Morgan fingerprint density at radius 2 is 1.63 bits per heavy atom. The van der Waals surface area contributed by atoms with Crippen LogP contribution in [0.25, 0.3) is 0 Å². The zero-order valence-corrected chi connectivity index (χ0v) is 15.5. The normalized spacial score (nSPS) is 10.8. The summed E-state index contributed by atoms with van der Waals surface area (Å²) in [5.74, 6) is -0.788. The monoisotopic (exact) mass is 369 g/mol. The van der Waals surface area contributed by atoms with Crippen molar-refractivity contribution in [3.05, 3.63) is 59.7 Å². The van der Waals surface area contributed by atoms with Crippen molar-refractivity contribution in [1.82, 2.24) is 0 Å². The molecule has 0 aliphatic carbocycles. The Balaban J connectivity index is 1.92. The van der Waals surface area contributed by atoms with Gasteiger partial charge in [-0.05, 0) is 56.7 Å². The van der Waals surface area contributed by atoms with Gasteiger partial charge < -0.3 is 15.8 Å². The topological polar surface area (TPSA) is 111 Å². The molecular formula is C20H23N3O4. The molecule has 27 heavy (non-hydrogen) atoms. The minimum Gasteiger partial charge on any atom is -0.444 e. The zero-order chi connectivity index (χ0) is 20.0. The highest BCUT2D eigenvalue weighted by molar-refractivity contribution is 5.96. The van der Waals surface area contributed by atoms with Gasteiger partial charge in [-0.3, -0.25) is 14.9 Å². The lowest BCUT2D eigenvalue weighted by Crippen LogP contribution is -2.27. The molecule has 4 N–H and O–H groups in total. The average Bonchev–Trinajstić information content (AvgIpc) is 2.55. The largest absolute Gasteiger partial charge is 0.444 e. The fourth-order valence-electron chi connectivity index (χ4n) is 2.27. The summed E-state index contributed by atoms with van der Waals surface area (Å²) in [6.07, 6.45) is -0.393. The molecular weight excluding hydrogens is 346 g/mol. The molecule has 0 saturated carbocycles. The lowest BCUT2D eigenvalue weighted by Gasteiger charge is -2.19. The lowest BCUT2D eigenvalue weighted by molar-refractivity contribution is -0.115. The molecule has 7 nitrogen and oxygen atoms in total. The van der Waals surface area contributed by atoms with Crippen LogP contribution >= 0.6 is 0 Å². The predicted molar refractivity (Wildman–Crippen MR) is 104 cm³/mol. The van der Waals surface area contributed by atoms with Gasteiger partial charge in [-0.2, -0.15) is 0 Å². The van der Waals surface area contributed by atoms with E-state index in [2.05, 4.69) is 10.6 Å². The smallest absolute Gasteiger partial charge is 0.412 e. The van der Waals surface area contributed by atoms with Crippen LogP contribution in [0.4, 0.5) is 16.2 Å². The Kier molecular flexibility index (Phi) is 6.18. The number of ether oxygens (including phenoxy) is 1. The van der Waals surface area contributed by atoms with Crippen LogP contribution < -0.4 is 16.4 Å². The summed E-state index contributed by atoms with van der Waals surface area (Å²) < 4.78 is 5.18. The van der Waals surface area contributed by atoms with Crippen LogP contribution in [0.5, 0.6) is 0 Å². The van der Waals surface area contributed by atoms with Gasteiger partial charge in [-0.15, -0.1) is 0 Å². The van der Waals surface area contributed by atoms with Crippen molar-refractivity contribution in [2.45, 2.75) is 32.8 Å². The third kappa shape index (κ3) is 6.81. The molecule has 0 aromatic heterocycles. The van der Waals surface area contributed by atoms with Gasteiger partial charge in [-0.1, -0.05) is 18.2 Å². The predicted octanol–water partition coefficient (Wildman–Crippen LogP) is 3.31. The fourth-order valence-corrected chi connectivity index (χ4v) is 2.27. The van der Waals surface area contributed by atoms with Crippen molar-refractivity contribution in [2.24, 2.45) is 5.73 Å². The van der Waals surface area contributed by atoms with E-state index >= 15 is 0 Å². The number of benzene rings is 2. The van der Waals surface area contributed by atoms with Crippen LogP contribution in [0, 0.1) is 0 Å². The van der Waals surface area contributed by atoms with Crippen molar-refractivity contribution in [1.29, 1.82) is 0 Å². The van der Waals surface area contributed by atoms with E-state index in [9.17, 15) is 14.4 Å². The van der Waals surface area contributed by atoms with E-state index < -0.39 is 17.6 Å². The van der Waals surface area contributed by atoms with Crippen molar-refractivity contribution in [3.63, 3.8) is 0 Å². The minimum absolute atomic E-state index is 0.146. The molecule has 7 heteroatoms. The molecule has 0 aliphatic rings. The van der Waals surface area contributed by atoms with Gasteiger partial charge in [-0.25, -0.2) is 4.79 Å². The number of primary amides is 1. The summed E-state index contributed by atoms with van der Waals surface area (Å²) >= 11 is 0. The van der Waals surface area contributed by atoms with Gasteiger partial charge in [0.25, 0.3) is 0 Å². The van der Waals surface area contributed by atoms with E-state index in [0.717, 1.165) is 5.56 Å². The van der Waals surface area contributed by atoms with E-state index in [4.69, 9.17) is 10.5 Å². The summed E-state index contributed by atoms with van der Waals surface area (Å²) in [6.45, 7) is 5.36. The van der Waals surface area contributed by atoms with Crippen LogP contribution in [0.2, 0.25) is 0 Å². The molecule has 0 aliphatic heterocycles. The maximum absolute atomic E-state index is 12.2. The van der Waals surface area contributed by atoms with E-state index in [1.807, 2.05) is 0 Å². The van der Waals surface area contributed by atoms with E-state index in [-0.39, 0.29) is 12.3 Å². The number of anilines is 2. The number of hydrogen-bond acceptors (Lipinski definition) is 4. The molecule has 0 unspecified atom stereocenters. The zero-order valence-electron chi connectivity index (χ0n) is 15.5. The molecule has 0 radical (unpaired) electrons. The van der Waals surface area contributed by atoms with Crippen molar-refractivity contribution in [2.75, 3.05) is 10.6 Å². The first-order valence-corrected chi connectivity index (χ1v) is 8.41. The molecule has 0 bridgehead atoms. The molecule has 0 saturated heterocycles. The molecule has 0 atom stereocenters. The molecule has 2 rings (SSSR count). The second-order valence-corrected chi connectivity index (χ2v) is 6.99. The van der Waals surface area contributed by atoms with Crippen LogP contribution in [-0.2, 0) is 16.0 Å². The maximum atomic E-state index is 12.2. The lowest BCUT2D eigenvalue weighted by atomic mass is 10.1. The first-order valence-electron chi connectivity index (χ1n) is 8.41. The number of hydrogen-bond donors (Lipinski definition) is 3.